The van der Waals surface area contributed by atoms with Crippen LogP contribution in [-0.4, -0.2) is 22.9 Å². The Hall–Kier alpha value is -3.21. The number of nitrogens with one attached hydrogen (secondary N) is 1. The van der Waals surface area contributed by atoms with E-state index in [9.17, 15) is 4.79 Å². The average molecular weight is 346 g/mol. The Bertz CT molecular complexity index is 893. The SMILES string of the molecule is CC(C)c1ccccc1Nc1cc(C(=O)N(C)c2ccccc2)ncn1. The fourth-order valence-corrected chi connectivity index (χ4v) is 2.74. The molecule has 2 aromatic carbocycles. The van der Waals surface area contributed by atoms with E-state index in [2.05, 4.69) is 35.2 Å². The second kappa shape index (κ2) is 7.78. The first-order chi connectivity index (χ1) is 12.6. The van der Waals surface area contributed by atoms with E-state index in [1.54, 1.807) is 18.0 Å². The highest BCUT2D eigenvalue weighted by atomic mass is 16.2. The van der Waals surface area contributed by atoms with Gasteiger partial charge in [-0.25, -0.2) is 9.97 Å². The molecule has 0 unspecified atom stereocenters. The summed E-state index contributed by atoms with van der Waals surface area (Å²) in [5.41, 5.74) is 3.34. The Morgan fingerprint density at radius 1 is 1.00 bits per heavy atom. The predicted molar refractivity (Wildman–Crippen MR) is 105 cm³/mol. The van der Waals surface area contributed by atoms with Crippen molar-refractivity contribution in [1.82, 2.24) is 9.97 Å². The lowest BCUT2D eigenvalue weighted by molar-refractivity contribution is 0.0988. The molecule has 0 aliphatic heterocycles. The molecule has 0 radical (unpaired) electrons. The second-order valence-electron chi connectivity index (χ2n) is 6.36. The summed E-state index contributed by atoms with van der Waals surface area (Å²) in [6.45, 7) is 4.29. The third-order valence-electron chi connectivity index (χ3n) is 4.18. The largest absolute Gasteiger partial charge is 0.340 e. The summed E-state index contributed by atoms with van der Waals surface area (Å²) < 4.78 is 0. The second-order valence-corrected chi connectivity index (χ2v) is 6.36. The van der Waals surface area contributed by atoms with Crippen LogP contribution in [0.2, 0.25) is 0 Å². The van der Waals surface area contributed by atoms with Crippen molar-refractivity contribution in [3.05, 3.63) is 78.2 Å². The van der Waals surface area contributed by atoms with Crippen molar-refractivity contribution < 1.29 is 4.79 Å². The van der Waals surface area contributed by atoms with Crippen LogP contribution in [0.25, 0.3) is 0 Å². The van der Waals surface area contributed by atoms with E-state index in [0.717, 1.165) is 11.4 Å². The highest BCUT2D eigenvalue weighted by Crippen LogP contribution is 2.26. The zero-order valence-corrected chi connectivity index (χ0v) is 15.2. The Labute approximate surface area is 153 Å². The first kappa shape index (κ1) is 17.6. The summed E-state index contributed by atoms with van der Waals surface area (Å²) in [6, 6.07) is 19.3. The van der Waals surface area contributed by atoms with E-state index in [1.807, 2.05) is 48.5 Å². The van der Waals surface area contributed by atoms with Gasteiger partial charge in [-0.05, 0) is 29.7 Å². The molecule has 132 valence electrons. The average Bonchev–Trinajstić information content (AvgIpc) is 2.68. The van der Waals surface area contributed by atoms with Gasteiger partial charge in [0, 0.05) is 24.5 Å². The van der Waals surface area contributed by atoms with E-state index >= 15 is 0 Å². The lowest BCUT2D eigenvalue weighted by atomic mass is 10.0. The number of para-hydroxylation sites is 2. The van der Waals surface area contributed by atoms with Crippen molar-refractivity contribution in [2.24, 2.45) is 0 Å². The molecule has 1 heterocycles. The van der Waals surface area contributed by atoms with Crippen LogP contribution in [0.4, 0.5) is 17.2 Å². The molecule has 0 saturated heterocycles. The number of rotatable bonds is 5. The van der Waals surface area contributed by atoms with Gasteiger partial charge in [0.2, 0.25) is 0 Å². The molecule has 5 heteroatoms. The zero-order chi connectivity index (χ0) is 18.5. The lowest BCUT2D eigenvalue weighted by Gasteiger charge is -2.17. The Kier molecular flexibility index (Phi) is 5.27. The lowest BCUT2D eigenvalue weighted by Crippen LogP contribution is -2.27. The van der Waals surface area contributed by atoms with Gasteiger partial charge >= 0.3 is 0 Å². The monoisotopic (exact) mass is 346 g/mol. The summed E-state index contributed by atoms with van der Waals surface area (Å²) >= 11 is 0. The van der Waals surface area contributed by atoms with Gasteiger partial charge in [0.15, 0.2) is 0 Å². The van der Waals surface area contributed by atoms with Gasteiger partial charge in [-0.15, -0.1) is 0 Å². The predicted octanol–water partition coefficient (Wildman–Crippen LogP) is 4.62. The Balaban J connectivity index is 1.84. The fourth-order valence-electron chi connectivity index (χ4n) is 2.74. The molecule has 3 rings (SSSR count). The number of carbonyl (C=O) groups excluding carboxylic acids is 1. The van der Waals surface area contributed by atoms with E-state index in [-0.39, 0.29) is 5.91 Å². The van der Waals surface area contributed by atoms with E-state index in [1.165, 1.54) is 11.9 Å². The van der Waals surface area contributed by atoms with Gasteiger partial charge in [0.25, 0.3) is 5.91 Å². The molecule has 1 N–H and O–H groups in total. The summed E-state index contributed by atoms with van der Waals surface area (Å²) in [6.07, 6.45) is 1.41. The number of carbonyl (C=O) groups is 1. The van der Waals surface area contributed by atoms with Crippen molar-refractivity contribution in [3.8, 4) is 0 Å². The van der Waals surface area contributed by atoms with Crippen molar-refractivity contribution in [1.29, 1.82) is 0 Å². The first-order valence-electron chi connectivity index (χ1n) is 8.57. The van der Waals surface area contributed by atoms with Crippen LogP contribution in [0.3, 0.4) is 0 Å². The number of nitrogens with zero attached hydrogens (tertiary/aromatic N) is 3. The third-order valence-corrected chi connectivity index (χ3v) is 4.18. The van der Waals surface area contributed by atoms with Gasteiger partial charge in [0.1, 0.15) is 17.8 Å². The summed E-state index contributed by atoms with van der Waals surface area (Å²) in [4.78, 5) is 22.7. The topological polar surface area (TPSA) is 58.1 Å². The molecule has 0 aliphatic rings. The van der Waals surface area contributed by atoms with Crippen LogP contribution in [0.1, 0.15) is 35.8 Å². The molecule has 0 spiro atoms. The number of benzene rings is 2. The summed E-state index contributed by atoms with van der Waals surface area (Å²) in [7, 11) is 1.74. The highest BCUT2D eigenvalue weighted by Gasteiger charge is 2.16. The van der Waals surface area contributed by atoms with Crippen molar-refractivity contribution in [2.75, 3.05) is 17.3 Å². The third kappa shape index (κ3) is 3.88. The maximum atomic E-state index is 12.7. The van der Waals surface area contributed by atoms with Crippen molar-refractivity contribution in [3.63, 3.8) is 0 Å². The molecule has 0 bridgehead atoms. The minimum absolute atomic E-state index is 0.182. The van der Waals surface area contributed by atoms with E-state index < -0.39 is 0 Å². The molecule has 1 aromatic heterocycles. The molecule has 0 saturated carbocycles. The van der Waals surface area contributed by atoms with E-state index in [4.69, 9.17) is 0 Å². The zero-order valence-electron chi connectivity index (χ0n) is 15.2. The highest BCUT2D eigenvalue weighted by molar-refractivity contribution is 6.04. The maximum Gasteiger partial charge on any atom is 0.276 e. The minimum atomic E-state index is -0.182. The summed E-state index contributed by atoms with van der Waals surface area (Å²) in [5.74, 6) is 0.794. The standard InChI is InChI=1S/C21H22N4O/c1-15(2)17-11-7-8-12-18(17)24-20-13-19(22-14-23-20)21(26)25(3)16-9-5-4-6-10-16/h4-15H,1-3H3,(H,22,23,24). The molecule has 0 aliphatic carbocycles. The van der Waals surface area contributed by atoms with Gasteiger partial charge < -0.3 is 10.2 Å². The minimum Gasteiger partial charge on any atom is -0.340 e. The van der Waals surface area contributed by atoms with Crippen LogP contribution in [-0.2, 0) is 0 Å². The van der Waals surface area contributed by atoms with Crippen molar-refractivity contribution in [2.45, 2.75) is 19.8 Å². The Morgan fingerprint density at radius 2 is 1.69 bits per heavy atom. The fraction of sp³-hybridized carbons (Fsp3) is 0.190. The van der Waals surface area contributed by atoms with Gasteiger partial charge in [-0.2, -0.15) is 0 Å². The number of anilines is 3. The molecule has 3 aromatic rings. The summed E-state index contributed by atoms with van der Waals surface area (Å²) in [5, 5.41) is 3.31. The molecular weight excluding hydrogens is 324 g/mol. The van der Waals surface area contributed by atoms with Gasteiger partial charge in [-0.3, -0.25) is 4.79 Å². The number of hydrogen-bond acceptors (Lipinski definition) is 4. The van der Waals surface area contributed by atoms with E-state index in [0.29, 0.717) is 17.4 Å². The van der Waals surface area contributed by atoms with Crippen LogP contribution < -0.4 is 10.2 Å². The molecule has 5 nitrogen and oxygen atoms in total. The van der Waals surface area contributed by atoms with Crippen LogP contribution >= 0.6 is 0 Å². The number of hydrogen-bond donors (Lipinski definition) is 1. The first-order valence-corrected chi connectivity index (χ1v) is 8.57. The van der Waals surface area contributed by atoms with Gasteiger partial charge in [0.05, 0.1) is 0 Å². The molecule has 0 atom stereocenters. The number of aromatic nitrogens is 2. The number of amides is 1. The molecular formula is C21H22N4O. The quantitative estimate of drug-likeness (QED) is 0.732. The smallest absolute Gasteiger partial charge is 0.276 e. The van der Waals surface area contributed by atoms with Crippen LogP contribution in [0.15, 0.2) is 67.0 Å². The van der Waals surface area contributed by atoms with Crippen LogP contribution in [0, 0.1) is 0 Å². The molecule has 0 fully saturated rings. The van der Waals surface area contributed by atoms with Crippen molar-refractivity contribution >= 4 is 23.1 Å². The normalized spacial score (nSPS) is 10.6. The molecule has 26 heavy (non-hydrogen) atoms. The Morgan fingerprint density at radius 3 is 2.42 bits per heavy atom. The van der Waals surface area contributed by atoms with Crippen LogP contribution in [0.5, 0.6) is 0 Å². The molecule has 1 amide bonds. The van der Waals surface area contributed by atoms with Gasteiger partial charge in [-0.1, -0.05) is 50.2 Å². The maximum absolute atomic E-state index is 12.7.